The maximum atomic E-state index is 15.3. The van der Waals surface area contributed by atoms with Crippen LogP contribution in [0.2, 0.25) is 0 Å². The van der Waals surface area contributed by atoms with Gasteiger partial charge in [0.15, 0.2) is 12.1 Å². The Morgan fingerprint density at radius 2 is 1.80 bits per heavy atom. The first-order valence-electron chi connectivity index (χ1n) is 19.0. The molecule has 286 valence electrons. The molecular formula is C37H56N2O10S2. The Morgan fingerprint density at radius 3 is 2.55 bits per heavy atom. The molecule has 13 atom stereocenters. The predicted octanol–water partition coefficient (Wildman–Crippen LogP) is 2.47. The Morgan fingerprint density at radius 1 is 1.02 bits per heavy atom. The van der Waals surface area contributed by atoms with Crippen molar-refractivity contribution in [3.8, 4) is 0 Å². The molecule has 0 radical (unpaired) electrons. The van der Waals surface area contributed by atoms with E-state index in [1.54, 1.807) is 16.9 Å². The molecule has 0 amide bonds. The highest BCUT2D eigenvalue weighted by Crippen LogP contribution is 2.60. The average molecular weight is 753 g/mol. The fraction of sp³-hybridized carbons (Fsp3) is 0.838. The summed E-state index contributed by atoms with van der Waals surface area (Å²) in [5, 5.41) is 75.0. The molecule has 7 rings (SSSR count). The van der Waals surface area contributed by atoms with Gasteiger partial charge in [-0.05, 0) is 88.7 Å². The van der Waals surface area contributed by atoms with Crippen LogP contribution >= 0.6 is 21.6 Å². The quantitative estimate of drug-likeness (QED) is 0.195. The van der Waals surface area contributed by atoms with Crippen LogP contribution in [0.15, 0.2) is 23.5 Å². The van der Waals surface area contributed by atoms with Gasteiger partial charge in [0, 0.05) is 17.8 Å². The minimum Gasteiger partial charge on any atom is -0.511 e. The fourth-order valence-electron chi connectivity index (χ4n) is 11.1. The van der Waals surface area contributed by atoms with Crippen molar-refractivity contribution >= 4 is 33.2 Å². The summed E-state index contributed by atoms with van der Waals surface area (Å²) in [6.07, 6.45) is 4.07. The molecule has 3 saturated carbocycles. The number of nitrogens with one attached hydrogen (secondary N) is 2. The maximum Gasteiger partial charge on any atom is 0.187 e. The van der Waals surface area contributed by atoms with Gasteiger partial charge >= 0.3 is 0 Å². The van der Waals surface area contributed by atoms with Gasteiger partial charge in [0.25, 0.3) is 0 Å². The second kappa shape index (κ2) is 15.2. The zero-order valence-corrected chi connectivity index (χ0v) is 31.1. The Labute approximate surface area is 308 Å². The zero-order chi connectivity index (χ0) is 36.1. The maximum absolute atomic E-state index is 15.3. The van der Waals surface area contributed by atoms with Crippen LogP contribution < -0.4 is 10.6 Å². The molecule has 0 aromatic heterocycles. The smallest absolute Gasteiger partial charge is 0.187 e. The van der Waals surface area contributed by atoms with Crippen LogP contribution in [0.4, 0.5) is 0 Å². The third-order valence-electron chi connectivity index (χ3n) is 13.6. The lowest BCUT2D eigenvalue weighted by Gasteiger charge is -2.55. The summed E-state index contributed by atoms with van der Waals surface area (Å²) >= 11 is 0. The van der Waals surface area contributed by atoms with E-state index in [4.69, 9.17) is 9.47 Å². The largest absolute Gasteiger partial charge is 0.511 e. The van der Waals surface area contributed by atoms with E-state index in [1.165, 1.54) is 10.8 Å². The molecule has 6 fully saturated rings. The summed E-state index contributed by atoms with van der Waals surface area (Å²) in [6.45, 7) is 1.85. The molecular weight excluding hydrogens is 697 g/mol. The number of allylic oxidation sites excluding steroid dienone is 4. The second-order valence-corrected chi connectivity index (χ2v) is 18.9. The highest BCUT2D eigenvalue weighted by atomic mass is 33.1. The number of Topliss-reactive ketones (excluding diaryl/α,β-unsaturated/α-hetero) is 2. The van der Waals surface area contributed by atoms with E-state index in [9.17, 15) is 35.4 Å². The average Bonchev–Trinajstić information content (AvgIpc) is 3.60. The molecule has 3 heterocycles. The third kappa shape index (κ3) is 6.49. The summed E-state index contributed by atoms with van der Waals surface area (Å²) in [6, 6.07) is 0. The van der Waals surface area contributed by atoms with Gasteiger partial charge in [0.05, 0.1) is 36.6 Å². The molecule has 0 aromatic rings. The van der Waals surface area contributed by atoms with E-state index >= 15 is 4.79 Å². The number of carbonyl (C=O) groups is 2. The Kier molecular flexibility index (Phi) is 11.4. The van der Waals surface area contributed by atoms with E-state index in [0.717, 1.165) is 45.1 Å². The topological polar surface area (TPSA) is 198 Å². The number of ketones is 2. The number of ether oxygens (including phenoxy) is 2. The number of fused-ring (bicyclic) bond motifs is 5. The molecule has 6 bridgehead atoms. The first kappa shape index (κ1) is 38.2. The van der Waals surface area contributed by atoms with Gasteiger partial charge in [0.1, 0.15) is 40.9 Å². The monoisotopic (exact) mass is 752 g/mol. The van der Waals surface area contributed by atoms with Gasteiger partial charge in [-0.15, -0.1) is 0 Å². The summed E-state index contributed by atoms with van der Waals surface area (Å²) in [4.78, 5) is 30.0. The van der Waals surface area contributed by atoms with Crippen LogP contribution in [0.1, 0.15) is 84.0 Å². The van der Waals surface area contributed by atoms with Crippen molar-refractivity contribution < 1.29 is 49.7 Å². The SMILES string of the molecule is CC1=C[C@H]2C(=O)C3CCCC4O[C@@H]5O[C@H](CO)[C@@H](O)[C@](O)(CC6(CCCC6)C6CCNC(C6)NCSS[C@@H](CCCO)[C@@]2(C(=O)C43)C(O)=C1)[C@H]5O. The predicted molar refractivity (Wildman–Crippen MR) is 192 cm³/mol. The fourth-order valence-corrected chi connectivity index (χ4v) is 14.0. The molecule has 5 unspecified atom stereocenters. The van der Waals surface area contributed by atoms with Crippen LogP contribution in [0, 0.1) is 34.5 Å². The Hall–Kier alpha value is -1.04. The standard InChI is InChI=1S/C37H56N2O10S2/c1-20-14-23-30(43)22-6-4-7-24-29(22)32(45)37(23,26(42)15-20)27(8-5-13-40)51-50-19-39-28-16-21(9-12-38-28)35(10-2-3-11-35)18-36(47)31(44)25(17-41)49-34(48-24)33(36)46/h14-15,21-25,27-29,31,33-34,38-42,44,46-47H,2-13,16-19H2,1H3/t21?,22?,23-,24?,25+,27-,28?,29?,31+,33-,34+,36+,37-/m0/s1. The van der Waals surface area contributed by atoms with Gasteiger partial charge < -0.3 is 45.4 Å². The van der Waals surface area contributed by atoms with Crippen LogP contribution in [-0.2, 0) is 19.1 Å². The number of hydrogen-bond donors (Lipinski definition) is 8. The van der Waals surface area contributed by atoms with E-state index < -0.39 is 71.3 Å². The van der Waals surface area contributed by atoms with Gasteiger partial charge in [-0.1, -0.05) is 52.5 Å². The number of aliphatic hydroxyl groups is 6. The van der Waals surface area contributed by atoms with E-state index in [0.29, 0.717) is 43.6 Å². The third-order valence-corrected chi connectivity index (χ3v) is 16.3. The Balaban J connectivity index is 1.32. The van der Waals surface area contributed by atoms with Crippen LogP contribution in [0.25, 0.3) is 0 Å². The molecule has 3 aliphatic heterocycles. The Bertz CT molecular complexity index is 1380. The first-order valence-corrected chi connectivity index (χ1v) is 21.4. The van der Waals surface area contributed by atoms with Gasteiger partial charge in [0.2, 0.25) is 0 Å². The number of piperidine rings is 1. The minimum atomic E-state index is -2.07. The molecule has 51 heavy (non-hydrogen) atoms. The van der Waals surface area contributed by atoms with Crippen LogP contribution in [0.5, 0.6) is 0 Å². The molecule has 3 saturated heterocycles. The highest BCUT2D eigenvalue weighted by molar-refractivity contribution is 8.76. The summed E-state index contributed by atoms with van der Waals surface area (Å²) in [5.41, 5.74) is -3.31. The summed E-state index contributed by atoms with van der Waals surface area (Å²) in [7, 11) is 3.02. The molecule has 4 aliphatic carbocycles. The molecule has 12 nitrogen and oxygen atoms in total. The van der Waals surface area contributed by atoms with Gasteiger partial charge in [-0.25, -0.2) is 0 Å². The van der Waals surface area contributed by atoms with Crippen molar-refractivity contribution in [2.24, 2.45) is 34.5 Å². The number of carbonyl (C=O) groups excluding carboxylic acids is 2. The molecule has 7 aliphatic rings. The number of aliphatic hydroxyl groups excluding tert-OH is 5. The number of hydrogen-bond acceptors (Lipinski definition) is 14. The van der Waals surface area contributed by atoms with Crippen LogP contribution in [-0.4, -0.2) is 116 Å². The molecule has 8 N–H and O–H groups in total. The molecule has 14 heteroatoms. The first-order chi connectivity index (χ1) is 24.5. The summed E-state index contributed by atoms with van der Waals surface area (Å²) in [5.74, 6) is -2.39. The van der Waals surface area contributed by atoms with Gasteiger partial charge in [-0.3, -0.25) is 14.9 Å². The second-order valence-electron chi connectivity index (χ2n) is 16.3. The summed E-state index contributed by atoms with van der Waals surface area (Å²) < 4.78 is 12.6. The van der Waals surface area contributed by atoms with Crippen molar-refractivity contribution in [1.82, 2.24) is 10.6 Å². The lowest BCUT2D eigenvalue weighted by atomic mass is 9.51. The van der Waals surface area contributed by atoms with Crippen molar-refractivity contribution in [3.05, 3.63) is 23.5 Å². The van der Waals surface area contributed by atoms with Crippen LogP contribution in [0.3, 0.4) is 0 Å². The lowest BCUT2D eigenvalue weighted by Crippen LogP contribution is -2.70. The van der Waals surface area contributed by atoms with E-state index in [1.807, 2.05) is 13.0 Å². The minimum absolute atomic E-state index is 0.0364. The van der Waals surface area contributed by atoms with Crippen molar-refractivity contribution in [2.75, 3.05) is 25.6 Å². The van der Waals surface area contributed by atoms with Crippen molar-refractivity contribution in [1.29, 1.82) is 0 Å². The van der Waals surface area contributed by atoms with E-state index in [2.05, 4.69) is 10.6 Å². The molecule has 2 spiro atoms. The normalized spacial score (nSPS) is 46.0. The van der Waals surface area contributed by atoms with Crippen molar-refractivity contribution in [3.63, 3.8) is 0 Å². The number of rotatable bonds is 4. The van der Waals surface area contributed by atoms with Gasteiger partial charge in [-0.2, -0.15) is 0 Å². The lowest BCUT2D eigenvalue weighted by molar-refractivity contribution is -0.350. The van der Waals surface area contributed by atoms with E-state index in [-0.39, 0.29) is 47.9 Å². The van der Waals surface area contributed by atoms with Crippen molar-refractivity contribution in [2.45, 2.75) is 132 Å². The molecule has 0 aromatic carbocycles. The zero-order valence-electron chi connectivity index (χ0n) is 29.5. The highest BCUT2D eigenvalue weighted by Gasteiger charge is 2.67.